The predicted octanol–water partition coefficient (Wildman–Crippen LogP) is 2.98. The van der Waals surface area contributed by atoms with E-state index >= 15 is 0 Å². The van der Waals surface area contributed by atoms with Crippen LogP contribution in [0.5, 0.6) is 0 Å². The van der Waals surface area contributed by atoms with Gasteiger partial charge in [0, 0.05) is 33.7 Å². The highest BCUT2D eigenvalue weighted by atomic mass is 35.5. The highest BCUT2D eigenvalue weighted by Gasteiger charge is 2.08. The van der Waals surface area contributed by atoms with Gasteiger partial charge in [-0.2, -0.15) is 0 Å². The predicted molar refractivity (Wildman–Crippen MR) is 82.6 cm³/mol. The summed E-state index contributed by atoms with van der Waals surface area (Å²) in [7, 11) is 0. The number of rotatable bonds is 2. The maximum Gasteiger partial charge on any atom is 0.257 e. The summed E-state index contributed by atoms with van der Waals surface area (Å²) in [6.45, 7) is -0.253. The summed E-state index contributed by atoms with van der Waals surface area (Å²) in [6, 6.07) is 6.34. The van der Waals surface area contributed by atoms with Crippen molar-refractivity contribution < 1.29 is 9.90 Å². The van der Waals surface area contributed by atoms with Gasteiger partial charge in [0.05, 0.1) is 5.56 Å². The van der Waals surface area contributed by atoms with Crippen molar-refractivity contribution in [1.82, 2.24) is 4.98 Å². The maximum atomic E-state index is 12.1. The third kappa shape index (κ3) is 4.47. The molecule has 0 unspecified atom stereocenters. The second kappa shape index (κ2) is 7.09. The summed E-state index contributed by atoms with van der Waals surface area (Å²) in [5.41, 5.74) is 1.38. The van der Waals surface area contributed by atoms with Crippen LogP contribution in [0.4, 0.5) is 5.69 Å². The molecular formula is C15H10Cl2N2O2. The van der Waals surface area contributed by atoms with Gasteiger partial charge in [0.1, 0.15) is 6.61 Å². The van der Waals surface area contributed by atoms with Crippen molar-refractivity contribution in [3.63, 3.8) is 0 Å². The zero-order valence-electron chi connectivity index (χ0n) is 10.7. The van der Waals surface area contributed by atoms with E-state index in [9.17, 15) is 4.79 Å². The minimum absolute atomic E-state index is 0.253. The lowest BCUT2D eigenvalue weighted by atomic mass is 10.2. The smallest absolute Gasteiger partial charge is 0.257 e. The Balaban J connectivity index is 2.20. The van der Waals surface area contributed by atoms with E-state index in [0.29, 0.717) is 26.9 Å². The third-order valence-corrected chi connectivity index (χ3v) is 2.87. The van der Waals surface area contributed by atoms with E-state index in [4.69, 9.17) is 28.3 Å². The number of halogens is 2. The average Bonchev–Trinajstić information content (AvgIpc) is 2.44. The molecule has 0 spiro atoms. The molecule has 2 rings (SSSR count). The highest BCUT2D eigenvalue weighted by molar-refractivity contribution is 6.35. The number of aromatic nitrogens is 1. The van der Waals surface area contributed by atoms with E-state index in [2.05, 4.69) is 22.1 Å². The molecule has 0 radical (unpaired) electrons. The summed E-state index contributed by atoms with van der Waals surface area (Å²) >= 11 is 11.7. The Labute approximate surface area is 131 Å². The van der Waals surface area contributed by atoms with E-state index in [1.165, 1.54) is 12.4 Å². The van der Waals surface area contributed by atoms with Gasteiger partial charge in [-0.1, -0.05) is 35.0 Å². The van der Waals surface area contributed by atoms with Crippen molar-refractivity contribution in [2.45, 2.75) is 0 Å². The van der Waals surface area contributed by atoms with Crippen molar-refractivity contribution in [2.75, 3.05) is 11.9 Å². The maximum absolute atomic E-state index is 12.1. The summed E-state index contributed by atoms with van der Waals surface area (Å²) in [5.74, 6) is 4.83. The molecule has 0 aliphatic rings. The molecule has 106 valence electrons. The molecule has 0 saturated heterocycles. The largest absolute Gasteiger partial charge is 0.384 e. The number of carbonyl (C=O) groups is 1. The van der Waals surface area contributed by atoms with E-state index < -0.39 is 0 Å². The Hall–Kier alpha value is -2.06. The summed E-state index contributed by atoms with van der Waals surface area (Å²) in [6.07, 6.45) is 2.93. The van der Waals surface area contributed by atoms with Crippen molar-refractivity contribution in [3.8, 4) is 11.8 Å². The minimum atomic E-state index is -0.353. The Kier molecular flexibility index (Phi) is 5.18. The molecule has 1 amide bonds. The van der Waals surface area contributed by atoms with E-state index in [1.54, 1.807) is 24.3 Å². The highest BCUT2D eigenvalue weighted by Crippen LogP contribution is 2.22. The SMILES string of the molecule is O=C(Nc1cc(Cl)cc(Cl)c1)c1cncc(C#CCO)c1. The molecule has 1 aromatic carbocycles. The number of aliphatic hydroxyl groups excluding tert-OH is 1. The molecule has 2 N–H and O–H groups in total. The van der Waals surface area contributed by atoms with E-state index in [-0.39, 0.29) is 12.5 Å². The van der Waals surface area contributed by atoms with Crippen molar-refractivity contribution in [3.05, 3.63) is 57.8 Å². The molecule has 0 aliphatic carbocycles. The van der Waals surface area contributed by atoms with Gasteiger partial charge in [0.25, 0.3) is 5.91 Å². The van der Waals surface area contributed by atoms with Crippen molar-refractivity contribution in [2.24, 2.45) is 0 Å². The quantitative estimate of drug-likeness (QED) is 0.836. The molecule has 1 heterocycles. The van der Waals surface area contributed by atoms with E-state index in [1.807, 2.05) is 0 Å². The fourth-order valence-electron chi connectivity index (χ4n) is 1.60. The van der Waals surface area contributed by atoms with Crippen LogP contribution in [0.3, 0.4) is 0 Å². The molecule has 0 aliphatic heterocycles. The van der Waals surface area contributed by atoms with Crippen LogP contribution < -0.4 is 5.32 Å². The van der Waals surface area contributed by atoms with Gasteiger partial charge in [0.15, 0.2) is 0 Å². The number of nitrogens with one attached hydrogen (secondary N) is 1. The number of anilines is 1. The van der Waals surface area contributed by atoms with E-state index in [0.717, 1.165) is 0 Å². The standard InChI is InChI=1S/C15H10Cl2N2O2/c16-12-5-13(17)7-14(6-12)19-15(21)11-4-10(2-1-3-20)8-18-9-11/h4-9,20H,3H2,(H,19,21). The molecule has 4 nitrogen and oxygen atoms in total. The topological polar surface area (TPSA) is 62.2 Å². The van der Waals surface area contributed by atoms with Crippen LogP contribution in [0.1, 0.15) is 15.9 Å². The number of aliphatic hydroxyl groups is 1. The van der Waals surface area contributed by atoms with Gasteiger partial charge in [-0.05, 0) is 24.3 Å². The first kappa shape index (κ1) is 15.3. The normalized spacial score (nSPS) is 9.67. The molecule has 21 heavy (non-hydrogen) atoms. The van der Waals surface area contributed by atoms with Gasteiger partial charge in [-0.15, -0.1) is 0 Å². The first-order valence-corrected chi connectivity index (χ1v) is 6.66. The molecule has 0 bridgehead atoms. The zero-order chi connectivity index (χ0) is 15.2. The number of nitrogens with zero attached hydrogens (tertiary/aromatic N) is 1. The summed E-state index contributed by atoms with van der Waals surface area (Å²) < 4.78 is 0. The van der Waals surface area contributed by atoms with Crippen LogP contribution in [0.25, 0.3) is 0 Å². The van der Waals surface area contributed by atoms with Gasteiger partial charge in [-0.25, -0.2) is 0 Å². The van der Waals surface area contributed by atoms with Gasteiger partial charge < -0.3 is 10.4 Å². The van der Waals surface area contributed by atoms with Crippen LogP contribution in [-0.4, -0.2) is 22.6 Å². The second-order valence-corrected chi connectivity index (χ2v) is 4.91. The van der Waals surface area contributed by atoms with Crippen LogP contribution in [0.15, 0.2) is 36.7 Å². The molecular weight excluding hydrogens is 311 g/mol. The fraction of sp³-hybridized carbons (Fsp3) is 0.0667. The monoisotopic (exact) mass is 320 g/mol. The number of carbonyl (C=O) groups excluding carboxylic acids is 1. The first-order valence-electron chi connectivity index (χ1n) is 5.91. The number of benzene rings is 1. The zero-order valence-corrected chi connectivity index (χ0v) is 12.2. The Morgan fingerprint density at radius 2 is 1.90 bits per heavy atom. The molecule has 0 atom stereocenters. The number of pyridine rings is 1. The fourth-order valence-corrected chi connectivity index (χ4v) is 2.13. The molecule has 0 fully saturated rings. The lowest BCUT2D eigenvalue weighted by molar-refractivity contribution is 0.102. The van der Waals surface area contributed by atoms with Crippen LogP contribution >= 0.6 is 23.2 Å². The van der Waals surface area contributed by atoms with Crippen LogP contribution in [0, 0.1) is 11.8 Å². The minimum Gasteiger partial charge on any atom is -0.384 e. The van der Waals surface area contributed by atoms with Crippen LogP contribution in [0.2, 0.25) is 10.0 Å². The Morgan fingerprint density at radius 1 is 1.19 bits per heavy atom. The molecule has 2 aromatic rings. The molecule has 6 heteroatoms. The third-order valence-electron chi connectivity index (χ3n) is 2.43. The lowest BCUT2D eigenvalue weighted by Crippen LogP contribution is -2.12. The van der Waals surface area contributed by atoms with Crippen LogP contribution in [-0.2, 0) is 0 Å². The number of hydrogen-bond donors (Lipinski definition) is 2. The molecule has 1 aromatic heterocycles. The van der Waals surface area contributed by atoms with Crippen molar-refractivity contribution >= 4 is 34.8 Å². The summed E-state index contributed by atoms with van der Waals surface area (Å²) in [5, 5.41) is 12.2. The average molecular weight is 321 g/mol. The Morgan fingerprint density at radius 3 is 2.57 bits per heavy atom. The summed E-state index contributed by atoms with van der Waals surface area (Å²) in [4.78, 5) is 16.1. The first-order chi connectivity index (χ1) is 10.1. The lowest BCUT2D eigenvalue weighted by Gasteiger charge is -2.06. The van der Waals surface area contributed by atoms with Gasteiger partial charge in [-0.3, -0.25) is 9.78 Å². The number of amides is 1. The van der Waals surface area contributed by atoms with Crippen molar-refractivity contribution in [1.29, 1.82) is 0 Å². The van der Waals surface area contributed by atoms with Gasteiger partial charge >= 0.3 is 0 Å². The Bertz CT molecular complexity index is 716. The molecule has 0 saturated carbocycles. The van der Waals surface area contributed by atoms with Gasteiger partial charge in [0.2, 0.25) is 0 Å². The number of hydrogen-bond acceptors (Lipinski definition) is 3. The second-order valence-electron chi connectivity index (χ2n) is 4.03.